The van der Waals surface area contributed by atoms with Gasteiger partial charge >= 0.3 is 0 Å². The second kappa shape index (κ2) is 4.96. The largest absolute Gasteiger partial charge is 0.381 e. The Labute approximate surface area is 118 Å². The number of fused-ring (bicyclic) bond motifs is 1. The van der Waals surface area contributed by atoms with E-state index in [0.717, 1.165) is 24.1 Å². The second-order valence-corrected chi connectivity index (χ2v) is 7.48. The molecule has 0 N–H and O–H groups in total. The number of halogens is 1. The van der Waals surface area contributed by atoms with E-state index < -0.39 is 10.0 Å². The normalized spacial score (nSPS) is 22.8. The predicted octanol–water partition coefficient (Wildman–Crippen LogP) is 2.07. The minimum absolute atomic E-state index is 0.126. The zero-order valence-electron chi connectivity index (χ0n) is 10.5. The lowest BCUT2D eigenvalue weighted by Gasteiger charge is -2.21. The molecule has 1 aromatic carbocycles. The van der Waals surface area contributed by atoms with Crippen LogP contribution in [0.25, 0.3) is 0 Å². The van der Waals surface area contributed by atoms with E-state index in [1.807, 2.05) is 6.07 Å². The first kappa shape index (κ1) is 13.2. The standard InChI is InChI=1S/C13H16ClNO3S/c14-12-1-2-13-11(7-12)3-5-15(13)19(16,17)9-10-4-6-18-8-10/h1-2,7,10H,3-6,8-9H2. The van der Waals surface area contributed by atoms with E-state index in [0.29, 0.717) is 24.8 Å². The van der Waals surface area contributed by atoms with Crippen molar-refractivity contribution >= 4 is 27.3 Å². The third-order valence-electron chi connectivity index (χ3n) is 3.70. The van der Waals surface area contributed by atoms with Gasteiger partial charge in [0.2, 0.25) is 10.0 Å². The highest BCUT2D eigenvalue weighted by atomic mass is 35.5. The smallest absolute Gasteiger partial charge is 0.235 e. The fraction of sp³-hybridized carbons (Fsp3) is 0.538. The Hall–Kier alpha value is -0.780. The first-order chi connectivity index (χ1) is 9.06. The summed E-state index contributed by atoms with van der Waals surface area (Å²) in [6.45, 7) is 1.75. The Kier molecular flexibility index (Phi) is 3.45. The lowest BCUT2D eigenvalue weighted by Crippen LogP contribution is -2.34. The average molecular weight is 302 g/mol. The summed E-state index contributed by atoms with van der Waals surface area (Å²) in [6.07, 6.45) is 1.57. The summed E-state index contributed by atoms with van der Waals surface area (Å²) in [5.74, 6) is 0.302. The second-order valence-electron chi connectivity index (χ2n) is 5.10. The number of hydrogen-bond donors (Lipinski definition) is 0. The van der Waals surface area contributed by atoms with E-state index in [2.05, 4.69) is 0 Å². The van der Waals surface area contributed by atoms with E-state index in [9.17, 15) is 8.42 Å². The lowest BCUT2D eigenvalue weighted by molar-refractivity contribution is 0.188. The van der Waals surface area contributed by atoms with E-state index in [1.54, 1.807) is 12.1 Å². The van der Waals surface area contributed by atoms with Crippen LogP contribution in [0.3, 0.4) is 0 Å². The molecule has 1 atom stereocenters. The lowest BCUT2D eigenvalue weighted by atomic mass is 10.2. The van der Waals surface area contributed by atoms with Crippen LogP contribution in [-0.2, 0) is 21.2 Å². The highest BCUT2D eigenvalue weighted by molar-refractivity contribution is 7.92. The molecule has 0 radical (unpaired) electrons. The van der Waals surface area contributed by atoms with Gasteiger partial charge in [0.05, 0.1) is 18.0 Å². The maximum absolute atomic E-state index is 12.5. The molecule has 1 unspecified atom stereocenters. The van der Waals surface area contributed by atoms with Crippen LogP contribution in [0, 0.1) is 5.92 Å². The minimum Gasteiger partial charge on any atom is -0.381 e. The summed E-state index contributed by atoms with van der Waals surface area (Å²) in [5.41, 5.74) is 1.79. The highest BCUT2D eigenvalue weighted by Gasteiger charge is 2.32. The van der Waals surface area contributed by atoms with Crippen LogP contribution in [0.2, 0.25) is 5.02 Å². The molecule has 1 fully saturated rings. The minimum atomic E-state index is -3.26. The Morgan fingerprint density at radius 2 is 2.26 bits per heavy atom. The van der Waals surface area contributed by atoms with Gasteiger partial charge in [0.25, 0.3) is 0 Å². The van der Waals surface area contributed by atoms with E-state index in [1.165, 1.54) is 4.31 Å². The first-order valence-electron chi connectivity index (χ1n) is 6.43. The van der Waals surface area contributed by atoms with Gasteiger partial charge in [-0.15, -0.1) is 0 Å². The van der Waals surface area contributed by atoms with Crippen LogP contribution in [0.1, 0.15) is 12.0 Å². The Morgan fingerprint density at radius 1 is 1.42 bits per heavy atom. The molecule has 2 heterocycles. The molecule has 104 valence electrons. The van der Waals surface area contributed by atoms with Crippen molar-refractivity contribution in [2.75, 3.05) is 29.8 Å². The number of sulfonamides is 1. The number of rotatable bonds is 3. The monoisotopic (exact) mass is 301 g/mol. The molecule has 4 nitrogen and oxygen atoms in total. The van der Waals surface area contributed by atoms with Crippen molar-refractivity contribution in [3.05, 3.63) is 28.8 Å². The van der Waals surface area contributed by atoms with Crippen molar-refractivity contribution < 1.29 is 13.2 Å². The maximum atomic E-state index is 12.5. The van der Waals surface area contributed by atoms with Crippen molar-refractivity contribution in [1.29, 1.82) is 0 Å². The predicted molar refractivity (Wildman–Crippen MR) is 75.2 cm³/mol. The van der Waals surface area contributed by atoms with Gasteiger partial charge in [0.1, 0.15) is 0 Å². The molecule has 2 aliphatic heterocycles. The van der Waals surface area contributed by atoms with Crippen LogP contribution in [0.5, 0.6) is 0 Å². The molecule has 2 aliphatic rings. The van der Waals surface area contributed by atoms with Crippen molar-refractivity contribution in [1.82, 2.24) is 0 Å². The van der Waals surface area contributed by atoms with Gasteiger partial charge in [-0.25, -0.2) is 8.42 Å². The number of hydrogen-bond acceptors (Lipinski definition) is 3. The van der Waals surface area contributed by atoms with Crippen molar-refractivity contribution in [2.24, 2.45) is 5.92 Å². The summed E-state index contributed by atoms with van der Waals surface area (Å²) in [7, 11) is -3.26. The van der Waals surface area contributed by atoms with Gasteiger partial charge in [0.15, 0.2) is 0 Å². The zero-order chi connectivity index (χ0) is 13.5. The van der Waals surface area contributed by atoms with Gasteiger partial charge in [0, 0.05) is 24.1 Å². The third kappa shape index (κ3) is 2.59. The van der Waals surface area contributed by atoms with E-state index in [4.69, 9.17) is 16.3 Å². The summed E-state index contributed by atoms with van der Waals surface area (Å²) >= 11 is 5.94. The van der Waals surface area contributed by atoms with Gasteiger partial charge in [-0.05, 0) is 36.6 Å². The Morgan fingerprint density at radius 3 is 3.00 bits per heavy atom. The summed E-state index contributed by atoms with van der Waals surface area (Å²) in [5, 5.41) is 0.655. The number of nitrogens with zero attached hydrogens (tertiary/aromatic N) is 1. The summed E-state index contributed by atoms with van der Waals surface area (Å²) in [4.78, 5) is 0. The molecule has 0 saturated carbocycles. The molecule has 1 aromatic rings. The Balaban J connectivity index is 1.83. The molecule has 0 amide bonds. The molecule has 0 aliphatic carbocycles. The fourth-order valence-corrected chi connectivity index (χ4v) is 4.81. The SMILES string of the molecule is O=S(=O)(CC1CCOC1)N1CCc2cc(Cl)ccc21. The van der Waals surface area contributed by atoms with E-state index in [-0.39, 0.29) is 11.7 Å². The van der Waals surface area contributed by atoms with Crippen LogP contribution < -0.4 is 4.31 Å². The van der Waals surface area contributed by atoms with Gasteiger partial charge in [-0.3, -0.25) is 4.31 Å². The molecule has 0 aromatic heterocycles. The zero-order valence-corrected chi connectivity index (χ0v) is 12.1. The van der Waals surface area contributed by atoms with Crippen molar-refractivity contribution in [3.8, 4) is 0 Å². The van der Waals surface area contributed by atoms with Gasteiger partial charge < -0.3 is 4.74 Å². The van der Waals surface area contributed by atoms with Crippen molar-refractivity contribution in [2.45, 2.75) is 12.8 Å². The topological polar surface area (TPSA) is 46.6 Å². The molecule has 6 heteroatoms. The summed E-state index contributed by atoms with van der Waals surface area (Å²) < 4.78 is 31.7. The Bertz CT molecular complexity index is 582. The highest BCUT2D eigenvalue weighted by Crippen LogP contribution is 2.33. The van der Waals surface area contributed by atoms with Crippen molar-refractivity contribution in [3.63, 3.8) is 0 Å². The molecular formula is C13H16ClNO3S. The quantitative estimate of drug-likeness (QED) is 0.858. The number of anilines is 1. The molecule has 3 rings (SSSR count). The molecule has 19 heavy (non-hydrogen) atoms. The molecule has 1 saturated heterocycles. The molecule has 0 bridgehead atoms. The first-order valence-corrected chi connectivity index (χ1v) is 8.41. The third-order valence-corrected chi connectivity index (χ3v) is 5.88. The average Bonchev–Trinajstić information content (AvgIpc) is 2.96. The van der Waals surface area contributed by atoms with Crippen LogP contribution >= 0.6 is 11.6 Å². The van der Waals surface area contributed by atoms with Gasteiger partial charge in [-0.2, -0.15) is 0 Å². The molecular weight excluding hydrogens is 286 g/mol. The fourth-order valence-electron chi connectivity index (χ4n) is 2.73. The maximum Gasteiger partial charge on any atom is 0.235 e. The van der Waals surface area contributed by atoms with Crippen LogP contribution in [0.4, 0.5) is 5.69 Å². The summed E-state index contributed by atoms with van der Waals surface area (Å²) in [6, 6.07) is 5.39. The number of ether oxygens (including phenoxy) is 1. The number of benzene rings is 1. The van der Waals surface area contributed by atoms with E-state index >= 15 is 0 Å². The van der Waals surface area contributed by atoms with Crippen LogP contribution in [0.15, 0.2) is 18.2 Å². The molecule has 0 spiro atoms. The van der Waals surface area contributed by atoms with Crippen LogP contribution in [-0.4, -0.2) is 33.9 Å². The van der Waals surface area contributed by atoms with Gasteiger partial charge in [-0.1, -0.05) is 11.6 Å².